The molecule has 0 aliphatic rings. The number of aliphatic hydroxyl groups is 1. The SMILES string of the molecule is CCC/C=C\C/C=C\CCCCCCCC(=O)OC(CO)COCCCCCCCC/C=C\CCCCC. The molecule has 38 heavy (non-hydrogen) atoms. The highest BCUT2D eigenvalue weighted by atomic mass is 16.6. The second-order valence-electron chi connectivity index (χ2n) is 10.5. The van der Waals surface area contributed by atoms with E-state index in [-0.39, 0.29) is 19.2 Å². The molecule has 0 aromatic carbocycles. The van der Waals surface area contributed by atoms with Crippen molar-refractivity contribution in [1.82, 2.24) is 0 Å². The molecule has 0 radical (unpaired) electrons. The molecule has 1 atom stereocenters. The Morgan fingerprint density at radius 1 is 0.632 bits per heavy atom. The van der Waals surface area contributed by atoms with E-state index in [4.69, 9.17) is 9.47 Å². The molecule has 0 bridgehead atoms. The summed E-state index contributed by atoms with van der Waals surface area (Å²) < 4.78 is 11.0. The largest absolute Gasteiger partial charge is 0.457 e. The Morgan fingerprint density at radius 2 is 1.16 bits per heavy atom. The maximum atomic E-state index is 12.1. The fourth-order valence-corrected chi connectivity index (χ4v) is 4.24. The topological polar surface area (TPSA) is 55.8 Å². The number of hydrogen-bond acceptors (Lipinski definition) is 4. The van der Waals surface area contributed by atoms with E-state index < -0.39 is 6.10 Å². The summed E-state index contributed by atoms with van der Waals surface area (Å²) in [6.07, 6.45) is 37.4. The number of allylic oxidation sites excluding steroid dienone is 6. The van der Waals surface area contributed by atoms with Gasteiger partial charge in [0.15, 0.2) is 0 Å². The van der Waals surface area contributed by atoms with E-state index in [0.29, 0.717) is 13.0 Å². The van der Waals surface area contributed by atoms with E-state index >= 15 is 0 Å². The standard InChI is InChI=1S/C34H62O4/c1-3-5-7-9-11-13-15-17-19-21-23-25-27-29-34(36)38-33(31-35)32-37-30-28-26-24-22-20-18-16-14-12-10-8-6-4-2/h7,9,12-15,33,35H,3-6,8,10-11,16-32H2,1-2H3/b9-7-,14-12-,15-13-. The van der Waals surface area contributed by atoms with Gasteiger partial charge in [0.05, 0.1) is 13.2 Å². The molecule has 0 saturated carbocycles. The van der Waals surface area contributed by atoms with Crippen molar-refractivity contribution >= 4 is 5.97 Å². The second-order valence-corrected chi connectivity index (χ2v) is 10.5. The smallest absolute Gasteiger partial charge is 0.306 e. The average Bonchev–Trinajstić information content (AvgIpc) is 2.92. The molecule has 0 aliphatic heterocycles. The summed E-state index contributed by atoms with van der Waals surface area (Å²) in [4.78, 5) is 12.1. The lowest BCUT2D eigenvalue weighted by Crippen LogP contribution is -2.27. The van der Waals surface area contributed by atoms with Crippen LogP contribution in [0.1, 0.15) is 149 Å². The van der Waals surface area contributed by atoms with Gasteiger partial charge >= 0.3 is 5.97 Å². The molecule has 222 valence electrons. The van der Waals surface area contributed by atoms with Crippen LogP contribution in [0.2, 0.25) is 0 Å². The summed E-state index contributed by atoms with van der Waals surface area (Å²) in [5.41, 5.74) is 0. The van der Waals surface area contributed by atoms with E-state index in [9.17, 15) is 9.90 Å². The van der Waals surface area contributed by atoms with Crippen molar-refractivity contribution in [3.05, 3.63) is 36.5 Å². The molecule has 1 N–H and O–H groups in total. The van der Waals surface area contributed by atoms with Crippen LogP contribution in [0, 0.1) is 0 Å². The predicted octanol–water partition coefficient (Wildman–Crippen LogP) is 9.81. The molecule has 0 spiro atoms. The van der Waals surface area contributed by atoms with Crippen LogP contribution in [0.4, 0.5) is 0 Å². The van der Waals surface area contributed by atoms with Crippen molar-refractivity contribution in [2.75, 3.05) is 19.8 Å². The molecule has 0 aromatic heterocycles. The Balaban J connectivity index is 3.50. The molecule has 0 rings (SSSR count). The first-order chi connectivity index (χ1) is 18.7. The third-order valence-electron chi connectivity index (χ3n) is 6.67. The molecule has 0 aliphatic carbocycles. The van der Waals surface area contributed by atoms with Crippen molar-refractivity contribution in [1.29, 1.82) is 0 Å². The lowest BCUT2D eigenvalue weighted by molar-refractivity contribution is -0.154. The maximum absolute atomic E-state index is 12.1. The van der Waals surface area contributed by atoms with Gasteiger partial charge in [-0.05, 0) is 64.2 Å². The Kier molecular flexibility index (Phi) is 30.7. The van der Waals surface area contributed by atoms with Gasteiger partial charge in [-0.3, -0.25) is 4.79 Å². The monoisotopic (exact) mass is 534 g/mol. The van der Waals surface area contributed by atoms with Gasteiger partial charge in [-0.15, -0.1) is 0 Å². The first kappa shape index (κ1) is 36.6. The number of rotatable bonds is 29. The highest BCUT2D eigenvalue weighted by Gasteiger charge is 2.13. The van der Waals surface area contributed by atoms with Crippen LogP contribution in [-0.4, -0.2) is 37.0 Å². The highest BCUT2D eigenvalue weighted by molar-refractivity contribution is 5.69. The van der Waals surface area contributed by atoms with Gasteiger partial charge in [0.25, 0.3) is 0 Å². The normalized spacial score (nSPS) is 12.8. The number of hydrogen-bond donors (Lipinski definition) is 1. The van der Waals surface area contributed by atoms with E-state index in [1.807, 2.05) is 0 Å². The van der Waals surface area contributed by atoms with E-state index in [1.165, 1.54) is 89.9 Å². The molecule has 0 saturated heterocycles. The van der Waals surface area contributed by atoms with Crippen molar-refractivity contribution in [2.24, 2.45) is 0 Å². The first-order valence-corrected chi connectivity index (χ1v) is 16.1. The molecule has 0 fully saturated rings. The fourth-order valence-electron chi connectivity index (χ4n) is 4.24. The van der Waals surface area contributed by atoms with Gasteiger partial charge in [0.1, 0.15) is 6.10 Å². The molecule has 0 aromatic rings. The first-order valence-electron chi connectivity index (χ1n) is 16.1. The lowest BCUT2D eigenvalue weighted by Gasteiger charge is -2.15. The number of carbonyl (C=O) groups is 1. The third-order valence-corrected chi connectivity index (χ3v) is 6.67. The van der Waals surface area contributed by atoms with Crippen LogP contribution in [0.5, 0.6) is 0 Å². The summed E-state index contributed by atoms with van der Waals surface area (Å²) in [7, 11) is 0. The highest BCUT2D eigenvalue weighted by Crippen LogP contribution is 2.11. The number of ether oxygens (including phenoxy) is 2. The van der Waals surface area contributed by atoms with Gasteiger partial charge in [0, 0.05) is 13.0 Å². The molecule has 4 heteroatoms. The van der Waals surface area contributed by atoms with Crippen molar-refractivity contribution in [3.63, 3.8) is 0 Å². The minimum atomic E-state index is -0.541. The summed E-state index contributed by atoms with van der Waals surface area (Å²) in [6, 6.07) is 0. The summed E-state index contributed by atoms with van der Waals surface area (Å²) >= 11 is 0. The minimum Gasteiger partial charge on any atom is -0.457 e. The predicted molar refractivity (Wildman–Crippen MR) is 164 cm³/mol. The van der Waals surface area contributed by atoms with Gasteiger partial charge < -0.3 is 14.6 Å². The number of esters is 1. The van der Waals surface area contributed by atoms with Crippen molar-refractivity contribution in [3.8, 4) is 0 Å². The fraction of sp³-hybridized carbons (Fsp3) is 0.794. The second kappa shape index (κ2) is 31.8. The van der Waals surface area contributed by atoms with Crippen LogP contribution in [0.3, 0.4) is 0 Å². The molecule has 0 amide bonds. The zero-order valence-electron chi connectivity index (χ0n) is 25.2. The Bertz CT molecular complexity index is 567. The van der Waals surface area contributed by atoms with E-state index in [2.05, 4.69) is 50.3 Å². The van der Waals surface area contributed by atoms with Crippen molar-refractivity contribution in [2.45, 2.75) is 155 Å². The van der Waals surface area contributed by atoms with Crippen molar-refractivity contribution < 1.29 is 19.4 Å². The molecule has 1 unspecified atom stereocenters. The quantitative estimate of drug-likeness (QED) is 0.0589. The summed E-state index contributed by atoms with van der Waals surface area (Å²) in [6.45, 7) is 5.22. The van der Waals surface area contributed by atoms with Gasteiger partial charge in [0.2, 0.25) is 0 Å². The van der Waals surface area contributed by atoms with Crippen LogP contribution in [-0.2, 0) is 14.3 Å². The Hall–Kier alpha value is -1.39. The number of unbranched alkanes of at least 4 members (excludes halogenated alkanes) is 15. The van der Waals surface area contributed by atoms with Crippen LogP contribution >= 0.6 is 0 Å². The third kappa shape index (κ3) is 29.2. The average molecular weight is 535 g/mol. The molecular weight excluding hydrogens is 472 g/mol. The number of aliphatic hydroxyl groups excluding tert-OH is 1. The number of carbonyl (C=O) groups excluding carboxylic acids is 1. The molecule has 0 heterocycles. The maximum Gasteiger partial charge on any atom is 0.306 e. The van der Waals surface area contributed by atoms with Gasteiger partial charge in [-0.1, -0.05) is 115 Å². The Labute approximate surface area is 236 Å². The summed E-state index contributed by atoms with van der Waals surface area (Å²) in [5, 5.41) is 9.50. The Morgan fingerprint density at radius 3 is 1.76 bits per heavy atom. The van der Waals surface area contributed by atoms with Gasteiger partial charge in [-0.25, -0.2) is 0 Å². The lowest BCUT2D eigenvalue weighted by atomic mass is 10.1. The van der Waals surface area contributed by atoms with E-state index in [1.54, 1.807) is 0 Å². The molecular formula is C34H62O4. The van der Waals surface area contributed by atoms with E-state index in [0.717, 1.165) is 38.5 Å². The van der Waals surface area contributed by atoms with Crippen LogP contribution in [0.15, 0.2) is 36.5 Å². The van der Waals surface area contributed by atoms with Gasteiger partial charge in [-0.2, -0.15) is 0 Å². The zero-order chi connectivity index (χ0) is 27.8. The molecule has 4 nitrogen and oxygen atoms in total. The zero-order valence-corrected chi connectivity index (χ0v) is 25.2. The summed E-state index contributed by atoms with van der Waals surface area (Å²) in [5.74, 6) is -0.220. The van der Waals surface area contributed by atoms with Crippen LogP contribution in [0.25, 0.3) is 0 Å². The van der Waals surface area contributed by atoms with Crippen LogP contribution < -0.4 is 0 Å². The minimum absolute atomic E-state index is 0.180.